The van der Waals surface area contributed by atoms with Crippen LogP contribution in [0.25, 0.3) is 0 Å². The number of hydrogen-bond donors (Lipinski definition) is 2. The Morgan fingerprint density at radius 3 is 2.43 bits per heavy atom. The van der Waals surface area contributed by atoms with Gasteiger partial charge in [0.25, 0.3) is 5.91 Å². The fraction of sp³-hybridized carbons (Fsp3) is 0.350. The molecule has 0 aromatic heterocycles. The van der Waals surface area contributed by atoms with Gasteiger partial charge in [0.05, 0.1) is 10.6 Å². The van der Waals surface area contributed by atoms with Crippen molar-refractivity contribution < 1.29 is 23.1 Å². The van der Waals surface area contributed by atoms with Gasteiger partial charge in [-0.15, -0.1) is 0 Å². The number of phenols is 1. The molecule has 2 rings (SSSR count). The fourth-order valence-electron chi connectivity index (χ4n) is 2.68. The molecule has 152 valence electrons. The third kappa shape index (κ3) is 5.02. The number of hydrogen-bond acceptors (Lipinski definition) is 5. The smallest absolute Gasteiger partial charge is 0.262 e. The molecule has 0 fully saturated rings. The molecule has 0 saturated carbocycles. The highest BCUT2D eigenvalue weighted by Crippen LogP contribution is 2.28. The van der Waals surface area contributed by atoms with Crippen molar-refractivity contribution in [1.82, 2.24) is 4.31 Å². The highest BCUT2D eigenvalue weighted by molar-refractivity contribution is 7.89. The van der Waals surface area contributed by atoms with Gasteiger partial charge in [0.2, 0.25) is 10.0 Å². The van der Waals surface area contributed by atoms with E-state index < -0.39 is 15.9 Å². The Hall–Kier alpha value is -2.58. The van der Waals surface area contributed by atoms with Crippen molar-refractivity contribution in [1.29, 1.82) is 0 Å². The van der Waals surface area contributed by atoms with E-state index in [1.54, 1.807) is 13.8 Å². The molecule has 7 nitrogen and oxygen atoms in total. The third-order valence-electron chi connectivity index (χ3n) is 4.29. The summed E-state index contributed by atoms with van der Waals surface area (Å²) in [5, 5.41) is 12.5. The lowest BCUT2D eigenvalue weighted by atomic mass is 10.1. The van der Waals surface area contributed by atoms with Crippen molar-refractivity contribution in [3.63, 3.8) is 0 Å². The number of phenolic OH excluding ortho intramolecular Hbond substituents is 1. The van der Waals surface area contributed by atoms with Gasteiger partial charge >= 0.3 is 0 Å². The van der Waals surface area contributed by atoms with E-state index in [0.717, 1.165) is 11.1 Å². The molecule has 8 heteroatoms. The molecule has 0 aliphatic heterocycles. The van der Waals surface area contributed by atoms with Crippen molar-refractivity contribution in [2.24, 2.45) is 0 Å². The number of sulfonamides is 1. The monoisotopic (exact) mass is 406 g/mol. The molecule has 0 radical (unpaired) electrons. The Kier molecular flexibility index (Phi) is 7.04. The first-order valence-corrected chi connectivity index (χ1v) is 10.5. The summed E-state index contributed by atoms with van der Waals surface area (Å²) >= 11 is 0. The lowest BCUT2D eigenvalue weighted by Gasteiger charge is -2.19. The van der Waals surface area contributed by atoms with Crippen LogP contribution in [0.5, 0.6) is 11.5 Å². The Morgan fingerprint density at radius 1 is 1.11 bits per heavy atom. The first kappa shape index (κ1) is 21.7. The molecule has 2 N–H and O–H groups in total. The second-order valence-corrected chi connectivity index (χ2v) is 8.31. The van der Waals surface area contributed by atoms with Crippen LogP contribution >= 0.6 is 0 Å². The van der Waals surface area contributed by atoms with Gasteiger partial charge in [-0.05, 0) is 49.2 Å². The highest BCUT2D eigenvalue weighted by Gasteiger charge is 2.23. The number of carbonyl (C=O) groups excluding carboxylic acids is 1. The maximum Gasteiger partial charge on any atom is 0.262 e. The molecular formula is C20H26N2O5S. The Bertz CT molecular complexity index is 953. The van der Waals surface area contributed by atoms with Crippen LogP contribution in [0.2, 0.25) is 0 Å². The van der Waals surface area contributed by atoms with Crippen LogP contribution in [0.1, 0.15) is 25.0 Å². The van der Waals surface area contributed by atoms with E-state index in [4.69, 9.17) is 4.74 Å². The molecule has 0 saturated heterocycles. The van der Waals surface area contributed by atoms with Crippen LogP contribution < -0.4 is 10.1 Å². The molecule has 0 aliphatic carbocycles. The number of aromatic hydroxyl groups is 1. The normalized spacial score (nSPS) is 11.5. The van der Waals surface area contributed by atoms with E-state index in [0.29, 0.717) is 18.8 Å². The van der Waals surface area contributed by atoms with Gasteiger partial charge in [-0.25, -0.2) is 8.42 Å². The maximum atomic E-state index is 12.6. The van der Waals surface area contributed by atoms with E-state index in [2.05, 4.69) is 5.32 Å². The summed E-state index contributed by atoms with van der Waals surface area (Å²) in [4.78, 5) is 12.2. The van der Waals surface area contributed by atoms with Crippen LogP contribution in [0.15, 0.2) is 41.3 Å². The second-order valence-electron chi connectivity index (χ2n) is 6.37. The number of carbonyl (C=O) groups is 1. The minimum atomic E-state index is -3.70. The summed E-state index contributed by atoms with van der Waals surface area (Å²) in [7, 11) is -3.70. The first-order chi connectivity index (χ1) is 13.2. The lowest BCUT2D eigenvalue weighted by Crippen LogP contribution is -2.30. The summed E-state index contributed by atoms with van der Waals surface area (Å²) in [5.41, 5.74) is 1.92. The Labute approximate surface area is 166 Å². The van der Waals surface area contributed by atoms with Crippen molar-refractivity contribution in [2.75, 3.05) is 25.0 Å². The topological polar surface area (TPSA) is 95.9 Å². The van der Waals surface area contributed by atoms with Crippen LogP contribution in [-0.4, -0.2) is 43.4 Å². The zero-order valence-electron chi connectivity index (χ0n) is 16.5. The predicted molar refractivity (Wildman–Crippen MR) is 108 cm³/mol. The molecule has 0 heterocycles. The van der Waals surface area contributed by atoms with Gasteiger partial charge in [0.1, 0.15) is 11.5 Å². The van der Waals surface area contributed by atoms with Crippen LogP contribution in [0, 0.1) is 13.8 Å². The Morgan fingerprint density at radius 2 is 1.79 bits per heavy atom. The largest absolute Gasteiger partial charge is 0.506 e. The minimum Gasteiger partial charge on any atom is -0.506 e. The van der Waals surface area contributed by atoms with E-state index in [1.165, 1.54) is 22.5 Å². The fourth-order valence-corrected chi connectivity index (χ4v) is 4.17. The Balaban J connectivity index is 2.15. The van der Waals surface area contributed by atoms with E-state index in [-0.39, 0.29) is 22.9 Å². The number of nitrogens with zero attached hydrogens (tertiary/aromatic N) is 1. The zero-order chi connectivity index (χ0) is 20.9. The summed E-state index contributed by atoms with van der Waals surface area (Å²) in [6, 6.07) is 9.48. The van der Waals surface area contributed by atoms with Gasteiger partial charge in [-0.3, -0.25) is 4.79 Å². The molecule has 1 amide bonds. The van der Waals surface area contributed by atoms with Gasteiger partial charge in [0, 0.05) is 13.1 Å². The average molecular weight is 407 g/mol. The molecule has 28 heavy (non-hydrogen) atoms. The van der Waals surface area contributed by atoms with Gasteiger partial charge < -0.3 is 15.2 Å². The van der Waals surface area contributed by atoms with Crippen molar-refractivity contribution in [3.05, 3.63) is 47.5 Å². The molecule has 0 bridgehead atoms. The molecule has 0 spiro atoms. The van der Waals surface area contributed by atoms with Crippen molar-refractivity contribution in [2.45, 2.75) is 32.6 Å². The van der Waals surface area contributed by atoms with Gasteiger partial charge in [0.15, 0.2) is 6.61 Å². The third-order valence-corrected chi connectivity index (χ3v) is 6.33. The number of amides is 1. The maximum absolute atomic E-state index is 12.6. The molecule has 2 aromatic rings. The average Bonchev–Trinajstić information content (AvgIpc) is 2.65. The number of aryl methyl sites for hydroxylation is 2. The van der Waals surface area contributed by atoms with Crippen LogP contribution in [0.4, 0.5) is 5.69 Å². The quantitative estimate of drug-likeness (QED) is 0.657. The molecule has 2 aromatic carbocycles. The number of rotatable bonds is 8. The zero-order valence-corrected chi connectivity index (χ0v) is 17.3. The summed E-state index contributed by atoms with van der Waals surface area (Å²) in [6.07, 6.45) is 0. The molecule has 0 unspecified atom stereocenters. The minimum absolute atomic E-state index is 0.000234. The molecule has 0 aliphatic rings. The first-order valence-electron chi connectivity index (χ1n) is 9.02. The van der Waals surface area contributed by atoms with E-state index >= 15 is 0 Å². The van der Waals surface area contributed by atoms with E-state index in [1.807, 2.05) is 32.0 Å². The van der Waals surface area contributed by atoms with E-state index in [9.17, 15) is 18.3 Å². The summed E-state index contributed by atoms with van der Waals surface area (Å²) in [6.45, 7) is 7.67. The SMILES string of the molecule is CCN(CC)S(=O)(=O)c1ccc(O)c(NC(=O)COc2cc(C)ccc2C)c1. The van der Waals surface area contributed by atoms with Crippen LogP contribution in [-0.2, 0) is 14.8 Å². The predicted octanol–water partition coefficient (Wildman–Crippen LogP) is 3.06. The summed E-state index contributed by atoms with van der Waals surface area (Å²) < 4.78 is 32.1. The second kappa shape index (κ2) is 9.07. The van der Waals surface area contributed by atoms with Crippen molar-refractivity contribution >= 4 is 21.6 Å². The standard InChI is InChI=1S/C20H26N2O5S/c1-5-22(6-2)28(25,26)16-9-10-18(23)17(12-16)21-20(24)13-27-19-11-14(3)7-8-15(19)4/h7-12,23H,5-6,13H2,1-4H3,(H,21,24). The van der Waals surface area contributed by atoms with Gasteiger partial charge in [-0.2, -0.15) is 4.31 Å². The van der Waals surface area contributed by atoms with Gasteiger partial charge in [-0.1, -0.05) is 26.0 Å². The highest BCUT2D eigenvalue weighted by atomic mass is 32.2. The van der Waals surface area contributed by atoms with Crippen LogP contribution in [0.3, 0.4) is 0 Å². The number of ether oxygens (including phenoxy) is 1. The molecule has 0 atom stereocenters. The number of benzene rings is 2. The lowest BCUT2D eigenvalue weighted by molar-refractivity contribution is -0.118. The summed E-state index contributed by atoms with van der Waals surface area (Å²) in [5.74, 6) is -0.135. The molecular weight excluding hydrogens is 380 g/mol. The number of anilines is 1. The number of nitrogens with one attached hydrogen (secondary N) is 1. The van der Waals surface area contributed by atoms with Crippen molar-refractivity contribution in [3.8, 4) is 11.5 Å².